The molecule has 2 heterocycles. The fourth-order valence-corrected chi connectivity index (χ4v) is 3.34. The second-order valence-corrected chi connectivity index (χ2v) is 7.86. The van der Waals surface area contributed by atoms with E-state index in [-0.39, 0.29) is 5.02 Å². The van der Waals surface area contributed by atoms with E-state index in [1.807, 2.05) is 4.98 Å². The number of aromatic nitrogens is 2. The van der Waals surface area contributed by atoms with Gasteiger partial charge in [-0.1, -0.05) is 11.6 Å². The second kappa shape index (κ2) is 8.43. The topological polar surface area (TPSA) is 160 Å². The van der Waals surface area contributed by atoms with Crippen LogP contribution in [0.4, 0.5) is 0 Å². The number of carbonyl (C=O) groups excluding carboxylic acids is 2. The van der Waals surface area contributed by atoms with E-state index in [0.29, 0.717) is 0 Å². The molecule has 12 nitrogen and oxygen atoms in total. The van der Waals surface area contributed by atoms with Crippen molar-refractivity contribution in [3.8, 4) is 0 Å². The van der Waals surface area contributed by atoms with Gasteiger partial charge in [0, 0.05) is 20.0 Å². The smallest absolute Gasteiger partial charge is 0.330 e. The number of rotatable bonds is 6. The molecule has 1 N–H and O–H groups in total. The number of halogens is 1. The molecule has 1 saturated heterocycles. The Morgan fingerprint density at radius 3 is 2.43 bits per heavy atom. The Kier molecular flexibility index (Phi) is 6.64. The molecule has 0 bridgehead atoms. The molecule has 0 saturated carbocycles. The van der Waals surface area contributed by atoms with Gasteiger partial charge in [0.25, 0.3) is 15.7 Å². The summed E-state index contributed by atoms with van der Waals surface area (Å²) in [5.41, 5.74) is -1.81. The van der Waals surface area contributed by atoms with Gasteiger partial charge in [0.2, 0.25) is 0 Å². The lowest BCUT2D eigenvalue weighted by atomic mass is 10.1. The lowest BCUT2D eigenvalue weighted by Gasteiger charge is -2.23. The van der Waals surface area contributed by atoms with Crippen LogP contribution in [0.15, 0.2) is 15.8 Å². The molecule has 28 heavy (non-hydrogen) atoms. The van der Waals surface area contributed by atoms with E-state index in [1.165, 1.54) is 0 Å². The molecule has 1 aromatic heterocycles. The number of nitrogens with one attached hydrogen (secondary N) is 1. The Morgan fingerprint density at radius 1 is 1.25 bits per heavy atom. The molecular formula is C14H17ClN2O10S. The molecule has 156 valence electrons. The van der Waals surface area contributed by atoms with Crippen LogP contribution in [0.5, 0.6) is 0 Å². The van der Waals surface area contributed by atoms with Crippen molar-refractivity contribution < 1.29 is 36.4 Å². The number of hydrogen-bond acceptors (Lipinski definition) is 10. The van der Waals surface area contributed by atoms with Crippen molar-refractivity contribution in [2.45, 2.75) is 38.4 Å². The first-order valence-corrected chi connectivity index (χ1v) is 9.93. The van der Waals surface area contributed by atoms with Gasteiger partial charge in [0.05, 0.1) is 6.26 Å². The zero-order valence-electron chi connectivity index (χ0n) is 14.9. The van der Waals surface area contributed by atoms with E-state index >= 15 is 0 Å². The van der Waals surface area contributed by atoms with E-state index < -0.39 is 64.5 Å². The monoisotopic (exact) mass is 440 g/mol. The molecule has 0 radical (unpaired) electrons. The highest BCUT2D eigenvalue weighted by atomic mass is 35.5. The third-order valence-electron chi connectivity index (χ3n) is 3.52. The Morgan fingerprint density at radius 2 is 1.89 bits per heavy atom. The highest BCUT2D eigenvalue weighted by Gasteiger charge is 2.51. The van der Waals surface area contributed by atoms with E-state index in [2.05, 4.69) is 0 Å². The summed E-state index contributed by atoms with van der Waals surface area (Å²) in [6.45, 7) is 1.72. The Bertz CT molecular complexity index is 985. The lowest BCUT2D eigenvalue weighted by Crippen LogP contribution is -2.42. The molecule has 14 heteroatoms. The van der Waals surface area contributed by atoms with Gasteiger partial charge in [-0.25, -0.2) is 4.79 Å². The van der Waals surface area contributed by atoms with E-state index in [9.17, 15) is 27.6 Å². The van der Waals surface area contributed by atoms with Gasteiger partial charge in [-0.15, -0.1) is 0 Å². The largest absolute Gasteiger partial charge is 0.463 e. The van der Waals surface area contributed by atoms with Crippen LogP contribution in [0.2, 0.25) is 5.02 Å². The number of H-pyrrole nitrogens is 1. The van der Waals surface area contributed by atoms with Gasteiger partial charge < -0.3 is 14.2 Å². The summed E-state index contributed by atoms with van der Waals surface area (Å²) in [6.07, 6.45) is -3.82. The van der Waals surface area contributed by atoms with Gasteiger partial charge in [-0.05, 0) is 0 Å². The minimum atomic E-state index is -4.06. The summed E-state index contributed by atoms with van der Waals surface area (Å²) >= 11 is 5.74. The molecule has 4 atom stereocenters. The van der Waals surface area contributed by atoms with E-state index in [1.54, 1.807) is 0 Å². The van der Waals surface area contributed by atoms with E-state index in [4.69, 9.17) is 30.0 Å². The van der Waals surface area contributed by atoms with Gasteiger partial charge in [-0.2, -0.15) is 8.42 Å². The Hall–Kier alpha value is -2.22. The molecule has 0 unspecified atom stereocenters. The third-order valence-corrected chi connectivity index (χ3v) is 4.36. The van der Waals surface area contributed by atoms with Crippen molar-refractivity contribution in [3.05, 3.63) is 32.1 Å². The summed E-state index contributed by atoms with van der Waals surface area (Å²) in [5, 5.41) is -0.367. The standard InChI is InChI=1S/C14H17ClN2O10S/c1-6(18)24-5-9-10(27-28(3,22)23)11(25-7(2)19)13(26-9)17-4-8(15)12(20)16-14(17)21/h4,9-11,13H,5H2,1-3H3,(H,16,20,21)/t9-,10+,11-,13-/m1/s1. The molecule has 0 aromatic carbocycles. The van der Waals surface area contributed by atoms with Gasteiger partial charge in [0.1, 0.15) is 23.8 Å². The SMILES string of the molecule is CC(=O)OC[C@H]1O[C@@H](n2cc(Cl)c(=O)[nH]c2=O)[C@H](OC(C)=O)[C@H]1OS(C)(=O)=O. The molecule has 1 aliphatic heterocycles. The zero-order chi connectivity index (χ0) is 21.2. The van der Waals surface area contributed by atoms with Crippen LogP contribution < -0.4 is 11.2 Å². The van der Waals surface area contributed by atoms with Crippen LogP contribution in [0.1, 0.15) is 20.1 Å². The van der Waals surface area contributed by atoms with Crippen molar-refractivity contribution in [1.82, 2.24) is 9.55 Å². The molecule has 0 amide bonds. The summed E-state index contributed by atoms with van der Waals surface area (Å²) in [7, 11) is -4.06. The maximum absolute atomic E-state index is 12.2. The average Bonchev–Trinajstić information content (AvgIpc) is 2.84. The van der Waals surface area contributed by atoms with Gasteiger partial charge >= 0.3 is 17.6 Å². The highest BCUT2D eigenvalue weighted by Crippen LogP contribution is 2.34. The fourth-order valence-electron chi connectivity index (χ4n) is 2.55. The van der Waals surface area contributed by atoms with Crippen LogP contribution >= 0.6 is 11.6 Å². The van der Waals surface area contributed by atoms with Crippen molar-refractivity contribution in [3.63, 3.8) is 0 Å². The number of hydrogen-bond donors (Lipinski definition) is 1. The zero-order valence-corrected chi connectivity index (χ0v) is 16.5. The quantitative estimate of drug-likeness (QED) is 0.425. The summed E-state index contributed by atoms with van der Waals surface area (Å²) in [5.74, 6) is -1.50. The van der Waals surface area contributed by atoms with Crippen LogP contribution in [0, 0.1) is 0 Å². The second-order valence-electron chi connectivity index (χ2n) is 5.85. The van der Waals surface area contributed by atoms with Crippen molar-refractivity contribution in [2.75, 3.05) is 12.9 Å². The van der Waals surface area contributed by atoms with Crippen molar-refractivity contribution in [1.29, 1.82) is 0 Å². The summed E-state index contributed by atoms with van der Waals surface area (Å²) in [4.78, 5) is 48.2. The predicted octanol–water partition coefficient (Wildman–Crippen LogP) is -1.07. The number of nitrogens with zero attached hydrogens (tertiary/aromatic N) is 1. The first-order valence-electron chi connectivity index (χ1n) is 7.74. The van der Waals surface area contributed by atoms with Crippen LogP contribution in [0.25, 0.3) is 0 Å². The minimum absolute atomic E-state index is 0.367. The molecular weight excluding hydrogens is 424 g/mol. The number of esters is 2. The fraction of sp³-hybridized carbons (Fsp3) is 0.571. The van der Waals surface area contributed by atoms with Crippen molar-refractivity contribution >= 4 is 33.7 Å². The molecule has 1 aromatic rings. The molecule has 0 aliphatic carbocycles. The highest BCUT2D eigenvalue weighted by molar-refractivity contribution is 7.86. The molecule has 0 spiro atoms. The van der Waals surface area contributed by atoms with Crippen LogP contribution in [-0.4, -0.2) is 61.1 Å². The van der Waals surface area contributed by atoms with Gasteiger partial charge in [0.15, 0.2) is 12.3 Å². The molecule has 1 fully saturated rings. The molecule has 2 rings (SSSR count). The number of aromatic amines is 1. The van der Waals surface area contributed by atoms with Crippen LogP contribution in [0.3, 0.4) is 0 Å². The maximum Gasteiger partial charge on any atom is 0.330 e. The number of ether oxygens (including phenoxy) is 3. The van der Waals surface area contributed by atoms with Crippen molar-refractivity contribution in [2.24, 2.45) is 0 Å². The van der Waals surface area contributed by atoms with Crippen LogP contribution in [-0.2, 0) is 38.1 Å². The Labute approximate surface area is 163 Å². The average molecular weight is 441 g/mol. The Balaban J connectivity index is 2.52. The first-order chi connectivity index (χ1) is 12.9. The van der Waals surface area contributed by atoms with Gasteiger partial charge in [-0.3, -0.25) is 28.1 Å². The summed E-state index contributed by atoms with van der Waals surface area (Å²) in [6, 6.07) is 0. The first kappa shape index (κ1) is 22.1. The lowest BCUT2D eigenvalue weighted by molar-refractivity contribution is -0.155. The number of carbonyl (C=O) groups is 2. The molecule has 1 aliphatic rings. The maximum atomic E-state index is 12.2. The summed E-state index contributed by atoms with van der Waals surface area (Å²) < 4.78 is 44.6. The predicted molar refractivity (Wildman–Crippen MR) is 92.1 cm³/mol. The third kappa shape index (κ3) is 5.41. The minimum Gasteiger partial charge on any atom is -0.463 e. The van der Waals surface area contributed by atoms with E-state index in [0.717, 1.165) is 30.9 Å². The normalized spacial score (nSPS) is 24.7.